The highest BCUT2D eigenvalue weighted by Gasteiger charge is 2.13. The van der Waals surface area contributed by atoms with Gasteiger partial charge in [-0.1, -0.05) is 0 Å². The first-order valence-corrected chi connectivity index (χ1v) is 4.23. The van der Waals surface area contributed by atoms with Crippen LogP contribution < -0.4 is 5.32 Å². The molecule has 0 bridgehead atoms. The number of aromatic nitrogens is 3. The second kappa shape index (κ2) is 3.10. The lowest BCUT2D eigenvalue weighted by molar-refractivity contribution is 0.0950. The van der Waals surface area contributed by atoms with E-state index < -0.39 is 0 Å². The van der Waals surface area contributed by atoms with Crippen LogP contribution in [0, 0.1) is 0 Å². The molecule has 1 amide bonds. The average Bonchev–Trinajstić information content (AvgIpc) is 2.56. The van der Waals surface area contributed by atoms with Crippen molar-refractivity contribution in [3.05, 3.63) is 24.2 Å². The molecule has 5 nitrogen and oxygen atoms in total. The molecule has 1 N–H and O–H groups in total. The molecule has 2 aromatic heterocycles. The van der Waals surface area contributed by atoms with Gasteiger partial charge in [0.05, 0.1) is 0 Å². The number of rotatable bonds is 1. The van der Waals surface area contributed by atoms with Crippen LogP contribution in [0.5, 0.6) is 0 Å². The standard InChI is InChI=1S/C9H10N4O/c1-10-9(14)8-12-6-4-3-5-11-7(6)13(8)2/h3-5H,1-2H3,(H,10,14). The summed E-state index contributed by atoms with van der Waals surface area (Å²) in [6, 6.07) is 3.62. The van der Waals surface area contributed by atoms with Gasteiger partial charge in [-0.05, 0) is 12.1 Å². The van der Waals surface area contributed by atoms with E-state index in [1.165, 1.54) is 0 Å². The molecule has 0 radical (unpaired) electrons. The molecular formula is C9H10N4O. The predicted octanol–water partition coefficient (Wildman–Crippen LogP) is 0.328. The van der Waals surface area contributed by atoms with Crippen molar-refractivity contribution in [3.8, 4) is 0 Å². The maximum atomic E-state index is 11.4. The topological polar surface area (TPSA) is 59.8 Å². The molecule has 0 aliphatic carbocycles. The smallest absolute Gasteiger partial charge is 0.287 e. The Balaban J connectivity index is 2.68. The van der Waals surface area contributed by atoms with Crippen LogP contribution in [-0.4, -0.2) is 27.5 Å². The van der Waals surface area contributed by atoms with Gasteiger partial charge in [-0.2, -0.15) is 0 Å². The summed E-state index contributed by atoms with van der Waals surface area (Å²) in [4.78, 5) is 19.7. The number of hydrogen-bond donors (Lipinski definition) is 1. The molecule has 72 valence electrons. The van der Waals surface area contributed by atoms with Crippen molar-refractivity contribution in [1.29, 1.82) is 0 Å². The lowest BCUT2D eigenvalue weighted by Gasteiger charge is -1.98. The Labute approximate surface area is 80.8 Å². The van der Waals surface area contributed by atoms with Gasteiger partial charge in [0.25, 0.3) is 5.91 Å². The zero-order valence-electron chi connectivity index (χ0n) is 7.98. The number of fused-ring (bicyclic) bond motifs is 1. The fraction of sp³-hybridized carbons (Fsp3) is 0.222. The summed E-state index contributed by atoms with van der Waals surface area (Å²) in [5, 5.41) is 2.53. The zero-order valence-corrected chi connectivity index (χ0v) is 7.98. The summed E-state index contributed by atoms with van der Waals surface area (Å²) in [6.45, 7) is 0. The Morgan fingerprint density at radius 2 is 2.36 bits per heavy atom. The van der Waals surface area contributed by atoms with Gasteiger partial charge in [0.15, 0.2) is 5.65 Å². The number of nitrogens with zero attached hydrogens (tertiary/aromatic N) is 3. The molecule has 0 aliphatic heterocycles. The molecule has 14 heavy (non-hydrogen) atoms. The number of amides is 1. The molecule has 0 aliphatic rings. The zero-order chi connectivity index (χ0) is 10.1. The van der Waals surface area contributed by atoms with Crippen LogP contribution in [0.2, 0.25) is 0 Å². The van der Waals surface area contributed by atoms with Crippen LogP contribution in [0.15, 0.2) is 18.3 Å². The third kappa shape index (κ3) is 1.14. The number of nitrogens with one attached hydrogen (secondary N) is 1. The van der Waals surface area contributed by atoms with Gasteiger partial charge in [-0.15, -0.1) is 0 Å². The van der Waals surface area contributed by atoms with E-state index in [1.54, 1.807) is 30.9 Å². The minimum absolute atomic E-state index is 0.203. The summed E-state index contributed by atoms with van der Waals surface area (Å²) in [6.07, 6.45) is 1.68. The molecule has 2 heterocycles. The molecule has 2 rings (SSSR count). The number of imidazole rings is 1. The number of hydrogen-bond acceptors (Lipinski definition) is 3. The number of carbonyl (C=O) groups is 1. The highest BCUT2D eigenvalue weighted by atomic mass is 16.2. The molecule has 0 fully saturated rings. The summed E-state index contributed by atoms with van der Waals surface area (Å²) >= 11 is 0. The summed E-state index contributed by atoms with van der Waals surface area (Å²) < 4.78 is 1.67. The van der Waals surface area contributed by atoms with E-state index in [0.29, 0.717) is 11.5 Å². The van der Waals surface area contributed by atoms with Gasteiger partial charge in [0, 0.05) is 20.3 Å². The van der Waals surface area contributed by atoms with E-state index in [-0.39, 0.29) is 5.91 Å². The average molecular weight is 190 g/mol. The van der Waals surface area contributed by atoms with Gasteiger partial charge in [-0.3, -0.25) is 4.79 Å². The van der Waals surface area contributed by atoms with Crippen LogP contribution >= 0.6 is 0 Å². The first-order valence-electron chi connectivity index (χ1n) is 4.23. The molecule has 2 aromatic rings. The van der Waals surface area contributed by atoms with Crippen molar-refractivity contribution < 1.29 is 4.79 Å². The number of aryl methyl sites for hydroxylation is 1. The molecule has 5 heteroatoms. The van der Waals surface area contributed by atoms with E-state index >= 15 is 0 Å². The Hall–Kier alpha value is -1.91. The van der Waals surface area contributed by atoms with Crippen LogP contribution in [0.1, 0.15) is 10.6 Å². The second-order valence-corrected chi connectivity index (χ2v) is 2.92. The minimum Gasteiger partial charge on any atom is -0.352 e. The summed E-state index contributed by atoms with van der Waals surface area (Å²) in [5.74, 6) is 0.173. The maximum Gasteiger partial charge on any atom is 0.287 e. The molecule has 0 saturated carbocycles. The normalized spacial score (nSPS) is 10.4. The molecule has 0 unspecified atom stereocenters. The summed E-state index contributed by atoms with van der Waals surface area (Å²) in [7, 11) is 3.35. The van der Waals surface area contributed by atoms with Crippen LogP contribution in [0.4, 0.5) is 0 Å². The Morgan fingerprint density at radius 3 is 3.00 bits per heavy atom. The Morgan fingerprint density at radius 1 is 1.57 bits per heavy atom. The molecular weight excluding hydrogens is 180 g/mol. The van der Waals surface area contributed by atoms with Gasteiger partial charge in [0.2, 0.25) is 5.82 Å². The highest BCUT2D eigenvalue weighted by Crippen LogP contribution is 2.10. The lowest BCUT2D eigenvalue weighted by Crippen LogP contribution is -2.21. The van der Waals surface area contributed by atoms with Gasteiger partial charge < -0.3 is 9.88 Å². The van der Waals surface area contributed by atoms with Crippen molar-refractivity contribution in [2.45, 2.75) is 0 Å². The molecule has 0 aromatic carbocycles. The van der Waals surface area contributed by atoms with E-state index in [1.807, 2.05) is 6.07 Å². The third-order valence-electron chi connectivity index (χ3n) is 2.06. The number of pyridine rings is 1. The van der Waals surface area contributed by atoms with Gasteiger partial charge in [0.1, 0.15) is 5.52 Å². The van der Waals surface area contributed by atoms with Crippen molar-refractivity contribution in [2.75, 3.05) is 7.05 Å². The molecule has 0 saturated heterocycles. The highest BCUT2D eigenvalue weighted by molar-refractivity contribution is 5.93. The van der Waals surface area contributed by atoms with Crippen LogP contribution in [0.25, 0.3) is 11.2 Å². The molecule has 0 atom stereocenters. The Bertz CT molecular complexity index is 489. The van der Waals surface area contributed by atoms with Crippen molar-refractivity contribution in [1.82, 2.24) is 19.9 Å². The number of carbonyl (C=O) groups excluding carboxylic acids is 1. The van der Waals surface area contributed by atoms with E-state index in [4.69, 9.17) is 0 Å². The SMILES string of the molecule is CNC(=O)c1nc2cccnc2n1C. The van der Waals surface area contributed by atoms with E-state index in [0.717, 1.165) is 5.52 Å². The second-order valence-electron chi connectivity index (χ2n) is 2.92. The third-order valence-corrected chi connectivity index (χ3v) is 2.06. The largest absolute Gasteiger partial charge is 0.352 e. The van der Waals surface area contributed by atoms with Crippen molar-refractivity contribution in [3.63, 3.8) is 0 Å². The summed E-state index contributed by atoms with van der Waals surface area (Å²) in [5.41, 5.74) is 1.44. The van der Waals surface area contributed by atoms with Crippen molar-refractivity contribution >= 4 is 17.1 Å². The molecule has 0 spiro atoms. The van der Waals surface area contributed by atoms with Crippen LogP contribution in [-0.2, 0) is 7.05 Å². The minimum atomic E-state index is -0.203. The van der Waals surface area contributed by atoms with Gasteiger partial charge in [-0.25, -0.2) is 9.97 Å². The Kier molecular flexibility index (Phi) is 1.92. The van der Waals surface area contributed by atoms with Crippen molar-refractivity contribution in [2.24, 2.45) is 7.05 Å². The lowest BCUT2D eigenvalue weighted by atomic mass is 10.4. The fourth-order valence-corrected chi connectivity index (χ4v) is 1.34. The van der Waals surface area contributed by atoms with E-state index in [2.05, 4.69) is 15.3 Å². The first kappa shape index (κ1) is 8.68. The van der Waals surface area contributed by atoms with Crippen LogP contribution in [0.3, 0.4) is 0 Å². The monoisotopic (exact) mass is 190 g/mol. The van der Waals surface area contributed by atoms with Gasteiger partial charge >= 0.3 is 0 Å². The fourth-order valence-electron chi connectivity index (χ4n) is 1.34. The first-order chi connectivity index (χ1) is 6.74. The maximum absolute atomic E-state index is 11.4. The quantitative estimate of drug-likeness (QED) is 0.704. The predicted molar refractivity (Wildman–Crippen MR) is 51.9 cm³/mol. The van der Waals surface area contributed by atoms with E-state index in [9.17, 15) is 4.79 Å².